The van der Waals surface area contributed by atoms with Crippen LogP contribution in [0.1, 0.15) is 36.9 Å². The Labute approximate surface area is 159 Å². The smallest absolute Gasteiger partial charge is 0.242 e. The van der Waals surface area contributed by atoms with Crippen LogP contribution in [0.2, 0.25) is 0 Å². The molecule has 0 radical (unpaired) electrons. The summed E-state index contributed by atoms with van der Waals surface area (Å²) in [6, 6.07) is 13.1. The van der Waals surface area contributed by atoms with E-state index < -0.39 is 0 Å². The van der Waals surface area contributed by atoms with Crippen LogP contribution in [0.4, 0.5) is 0 Å². The number of benzene rings is 2. The quantitative estimate of drug-likeness (QED) is 0.778. The maximum absolute atomic E-state index is 12.6. The third kappa shape index (κ3) is 3.74. The Bertz CT molecular complexity index is 846. The first-order valence-electron chi connectivity index (χ1n) is 8.87. The predicted octanol–water partition coefficient (Wildman–Crippen LogP) is 3.80. The van der Waals surface area contributed by atoms with E-state index in [1.165, 1.54) is 0 Å². The average molecular weight is 368 g/mol. The fourth-order valence-corrected chi connectivity index (χ4v) is 3.20. The summed E-state index contributed by atoms with van der Waals surface area (Å²) in [5.74, 6) is 2.17. The monoisotopic (exact) mass is 368 g/mol. The zero-order valence-corrected chi connectivity index (χ0v) is 16.1. The number of nitrogens with zero attached hydrogens (tertiary/aromatic N) is 2. The number of hydrogen-bond donors (Lipinski definition) is 0. The van der Waals surface area contributed by atoms with E-state index in [0.717, 1.165) is 22.6 Å². The summed E-state index contributed by atoms with van der Waals surface area (Å²) >= 11 is 0. The van der Waals surface area contributed by atoms with Crippen molar-refractivity contribution >= 4 is 11.6 Å². The summed E-state index contributed by atoms with van der Waals surface area (Å²) in [4.78, 5) is 12.6. The van der Waals surface area contributed by atoms with Gasteiger partial charge < -0.3 is 14.2 Å². The molecular weight excluding hydrogens is 344 g/mol. The first kappa shape index (κ1) is 18.8. The van der Waals surface area contributed by atoms with Crippen molar-refractivity contribution in [3.05, 3.63) is 53.6 Å². The van der Waals surface area contributed by atoms with E-state index in [-0.39, 0.29) is 11.9 Å². The largest absolute Gasteiger partial charge is 0.497 e. The number of hydrogen-bond acceptors (Lipinski definition) is 5. The molecule has 6 heteroatoms. The minimum atomic E-state index is -0.236. The SMILES string of the molecule is CCC(=O)N1N=C(c2ccc(OC)cc2)C[C@@H]1c1cc(OC)ccc1OC. The number of carbonyl (C=O) groups excluding carboxylic acids is 1. The van der Waals surface area contributed by atoms with Gasteiger partial charge >= 0.3 is 0 Å². The molecule has 0 unspecified atom stereocenters. The van der Waals surface area contributed by atoms with Gasteiger partial charge in [0.05, 0.1) is 33.1 Å². The summed E-state index contributed by atoms with van der Waals surface area (Å²) < 4.78 is 16.1. The molecule has 142 valence electrons. The van der Waals surface area contributed by atoms with Crippen molar-refractivity contribution in [3.63, 3.8) is 0 Å². The van der Waals surface area contributed by atoms with Gasteiger partial charge in [0.15, 0.2) is 0 Å². The molecular formula is C21H24N2O4. The lowest BCUT2D eigenvalue weighted by molar-refractivity contribution is -0.132. The van der Waals surface area contributed by atoms with Crippen LogP contribution >= 0.6 is 0 Å². The molecule has 1 aliphatic rings. The summed E-state index contributed by atoms with van der Waals surface area (Å²) in [6.07, 6.45) is 0.976. The van der Waals surface area contributed by atoms with Crippen LogP contribution in [0.25, 0.3) is 0 Å². The molecule has 0 saturated heterocycles. The Morgan fingerprint density at radius 2 is 1.70 bits per heavy atom. The second kappa shape index (κ2) is 8.12. The standard InChI is InChI=1S/C21H24N2O4/c1-5-21(24)23-19(17-12-16(26-3)10-11-20(17)27-4)13-18(22-23)14-6-8-15(25-2)9-7-14/h6-12,19H,5,13H2,1-4H3/t19-/m1/s1. The first-order valence-corrected chi connectivity index (χ1v) is 8.87. The molecule has 0 N–H and O–H groups in total. The zero-order chi connectivity index (χ0) is 19.4. The minimum absolute atomic E-state index is 0.0339. The topological polar surface area (TPSA) is 60.4 Å². The van der Waals surface area contributed by atoms with Gasteiger partial charge in [-0.25, -0.2) is 5.01 Å². The molecule has 1 aliphatic heterocycles. The lowest BCUT2D eigenvalue weighted by atomic mass is 9.97. The number of amides is 1. The zero-order valence-electron chi connectivity index (χ0n) is 16.1. The molecule has 1 atom stereocenters. The highest BCUT2D eigenvalue weighted by molar-refractivity contribution is 6.03. The first-order chi connectivity index (χ1) is 13.1. The van der Waals surface area contributed by atoms with Gasteiger partial charge in [0.2, 0.25) is 5.91 Å². The highest BCUT2D eigenvalue weighted by Gasteiger charge is 2.34. The molecule has 0 saturated carbocycles. The van der Waals surface area contributed by atoms with Gasteiger partial charge in [-0.1, -0.05) is 6.92 Å². The molecule has 0 aromatic heterocycles. The molecule has 0 aliphatic carbocycles. The maximum atomic E-state index is 12.6. The van der Waals surface area contributed by atoms with Crippen molar-refractivity contribution in [2.75, 3.05) is 21.3 Å². The van der Waals surface area contributed by atoms with Crippen LogP contribution in [-0.4, -0.2) is 38.0 Å². The highest BCUT2D eigenvalue weighted by atomic mass is 16.5. The van der Waals surface area contributed by atoms with Gasteiger partial charge in [0, 0.05) is 18.4 Å². The average Bonchev–Trinajstić information content (AvgIpc) is 3.18. The van der Waals surface area contributed by atoms with Crippen molar-refractivity contribution in [3.8, 4) is 17.2 Å². The Morgan fingerprint density at radius 1 is 1.04 bits per heavy atom. The summed E-state index contributed by atoms with van der Waals surface area (Å²) in [7, 11) is 4.88. The molecule has 1 amide bonds. The number of rotatable bonds is 6. The number of ether oxygens (including phenoxy) is 3. The third-order valence-electron chi connectivity index (χ3n) is 4.69. The van der Waals surface area contributed by atoms with Crippen LogP contribution in [-0.2, 0) is 4.79 Å². The van der Waals surface area contributed by atoms with E-state index in [2.05, 4.69) is 5.10 Å². The summed E-state index contributed by atoms with van der Waals surface area (Å²) in [6.45, 7) is 1.84. The van der Waals surface area contributed by atoms with Crippen molar-refractivity contribution in [2.45, 2.75) is 25.8 Å². The van der Waals surface area contributed by atoms with Gasteiger partial charge in [0.1, 0.15) is 17.2 Å². The fraction of sp³-hybridized carbons (Fsp3) is 0.333. The van der Waals surface area contributed by atoms with Crippen molar-refractivity contribution < 1.29 is 19.0 Å². The van der Waals surface area contributed by atoms with Gasteiger partial charge in [-0.2, -0.15) is 5.10 Å². The Kier molecular flexibility index (Phi) is 5.64. The molecule has 0 bridgehead atoms. The Balaban J connectivity index is 1.99. The van der Waals surface area contributed by atoms with Gasteiger partial charge in [-0.3, -0.25) is 4.79 Å². The molecule has 1 heterocycles. The Morgan fingerprint density at radius 3 is 2.30 bits per heavy atom. The van der Waals surface area contributed by atoms with E-state index in [9.17, 15) is 4.79 Å². The fourth-order valence-electron chi connectivity index (χ4n) is 3.20. The van der Waals surface area contributed by atoms with Crippen LogP contribution < -0.4 is 14.2 Å². The van der Waals surface area contributed by atoms with Crippen molar-refractivity contribution in [2.24, 2.45) is 5.10 Å². The summed E-state index contributed by atoms with van der Waals surface area (Å²) in [5.41, 5.74) is 2.70. The lowest BCUT2D eigenvalue weighted by Gasteiger charge is -2.23. The molecule has 0 spiro atoms. The van der Waals surface area contributed by atoms with E-state index in [1.54, 1.807) is 26.3 Å². The molecule has 2 aromatic rings. The van der Waals surface area contributed by atoms with E-state index in [4.69, 9.17) is 14.2 Å². The number of carbonyl (C=O) groups is 1. The van der Waals surface area contributed by atoms with Crippen molar-refractivity contribution in [1.82, 2.24) is 5.01 Å². The van der Waals surface area contributed by atoms with E-state index in [1.807, 2.05) is 49.4 Å². The molecule has 2 aromatic carbocycles. The highest BCUT2D eigenvalue weighted by Crippen LogP contribution is 2.39. The lowest BCUT2D eigenvalue weighted by Crippen LogP contribution is -2.26. The van der Waals surface area contributed by atoms with E-state index in [0.29, 0.717) is 24.3 Å². The predicted molar refractivity (Wildman–Crippen MR) is 104 cm³/mol. The van der Waals surface area contributed by atoms with Crippen LogP contribution in [0.3, 0.4) is 0 Å². The van der Waals surface area contributed by atoms with Crippen LogP contribution in [0.15, 0.2) is 47.6 Å². The summed E-state index contributed by atoms with van der Waals surface area (Å²) in [5, 5.41) is 6.20. The molecule has 3 rings (SSSR count). The maximum Gasteiger partial charge on any atom is 0.242 e. The van der Waals surface area contributed by atoms with Gasteiger partial charge in [-0.05, 0) is 48.0 Å². The molecule has 6 nitrogen and oxygen atoms in total. The van der Waals surface area contributed by atoms with Gasteiger partial charge in [0.25, 0.3) is 0 Å². The van der Waals surface area contributed by atoms with E-state index >= 15 is 0 Å². The number of methoxy groups -OCH3 is 3. The second-order valence-electron chi connectivity index (χ2n) is 6.19. The second-order valence-corrected chi connectivity index (χ2v) is 6.19. The third-order valence-corrected chi connectivity index (χ3v) is 4.69. The van der Waals surface area contributed by atoms with Crippen LogP contribution in [0.5, 0.6) is 17.2 Å². The number of hydrazone groups is 1. The molecule has 0 fully saturated rings. The van der Waals surface area contributed by atoms with Crippen molar-refractivity contribution in [1.29, 1.82) is 0 Å². The molecule has 27 heavy (non-hydrogen) atoms. The Hall–Kier alpha value is -3.02. The van der Waals surface area contributed by atoms with Crippen LogP contribution in [0, 0.1) is 0 Å². The minimum Gasteiger partial charge on any atom is -0.497 e. The van der Waals surface area contributed by atoms with Gasteiger partial charge in [-0.15, -0.1) is 0 Å². The normalized spacial score (nSPS) is 16.1.